The molecule has 0 amide bonds. The number of ether oxygens (including phenoxy) is 1. The highest BCUT2D eigenvalue weighted by Crippen LogP contribution is 2.23. The number of hydrogen-bond acceptors (Lipinski definition) is 8. The van der Waals surface area contributed by atoms with Gasteiger partial charge in [0.1, 0.15) is 0 Å². The fraction of sp³-hybridized carbons (Fsp3) is 0.750. The minimum atomic E-state index is 0.308. The maximum absolute atomic E-state index is 5.61. The lowest BCUT2D eigenvalue weighted by Crippen LogP contribution is -2.25. The van der Waals surface area contributed by atoms with Crippen LogP contribution in [-0.4, -0.2) is 46.5 Å². The lowest BCUT2D eigenvalue weighted by atomic mass is 10.3. The van der Waals surface area contributed by atoms with Crippen LogP contribution >= 0.6 is 11.8 Å². The van der Waals surface area contributed by atoms with Gasteiger partial charge in [0.15, 0.2) is 5.16 Å². The summed E-state index contributed by atoms with van der Waals surface area (Å²) in [4.78, 5) is 15.2. The first kappa shape index (κ1) is 15.3. The molecule has 3 N–H and O–H groups in total. The van der Waals surface area contributed by atoms with Crippen molar-refractivity contribution < 1.29 is 4.74 Å². The van der Waals surface area contributed by atoms with Crippen LogP contribution in [0.2, 0.25) is 0 Å². The van der Waals surface area contributed by atoms with E-state index in [4.69, 9.17) is 10.6 Å². The fourth-order valence-electron chi connectivity index (χ4n) is 2.07. The number of nitrogens with zero attached hydrogens (tertiary/aromatic N) is 4. The number of hydrazine groups is 1. The Labute approximate surface area is 123 Å². The van der Waals surface area contributed by atoms with E-state index in [9.17, 15) is 0 Å². The van der Waals surface area contributed by atoms with E-state index in [1.807, 2.05) is 0 Å². The van der Waals surface area contributed by atoms with Crippen molar-refractivity contribution in [2.24, 2.45) is 5.84 Å². The number of hydrogen-bond donors (Lipinski definition) is 2. The zero-order chi connectivity index (χ0) is 14.4. The molecule has 112 valence electrons. The zero-order valence-electron chi connectivity index (χ0n) is 12.0. The predicted octanol–water partition coefficient (Wildman–Crippen LogP) is 1.27. The summed E-state index contributed by atoms with van der Waals surface area (Å²) in [7, 11) is 0. The van der Waals surface area contributed by atoms with Crippen LogP contribution in [0.15, 0.2) is 5.16 Å². The molecule has 1 saturated heterocycles. The average molecular weight is 298 g/mol. The van der Waals surface area contributed by atoms with Gasteiger partial charge in [-0.15, -0.1) is 0 Å². The van der Waals surface area contributed by atoms with Gasteiger partial charge in [0.25, 0.3) is 0 Å². The van der Waals surface area contributed by atoms with Gasteiger partial charge < -0.3 is 9.64 Å². The van der Waals surface area contributed by atoms with Crippen molar-refractivity contribution in [3.63, 3.8) is 0 Å². The Morgan fingerprint density at radius 3 is 2.75 bits per heavy atom. The second kappa shape index (κ2) is 7.61. The number of thioether (sulfide) groups is 1. The molecule has 1 aliphatic rings. The molecule has 2 rings (SSSR count). The van der Waals surface area contributed by atoms with Crippen molar-refractivity contribution in [1.29, 1.82) is 0 Å². The van der Waals surface area contributed by atoms with E-state index in [0.29, 0.717) is 23.2 Å². The number of nitrogens with two attached hydrogens (primary N) is 1. The molecule has 7 nitrogen and oxygen atoms in total. The van der Waals surface area contributed by atoms with E-state index in [0.717, 1.165) is 38.3 Å². The molecule has 20 heavy (non-hydrogen) atoms. The largest absolute Gasteiger partial charge is 0.377 e. The maximum Gasteiger partial charge on any atom is 0.242 e. The molecular formula is C12H22N6OS. The van der Waals surface area contributed by atoms with Crippen LogP contribution in [0.4, 0.5) is 11.9 Å². The van der Waals surface area contributed by atoms with Gasteiger partial charge in [0, 0.05) is 25.4 Å². The summed E-state index contributed by atoms with van der Waals surface area (Å²) in [6.45, 7) is 6.70. The smallest absolute Gasteiger partial charge is 0.242 e. The van der Waals surface area contributed by atoms with E-state index in [2.05, 4.69) is 39.1 Å². The van der Waals surface area contributed by atoms with Crippen molar-refractivity contribution in [3.05, 3.63) is 0 Å². The van der Waals surface area contributed by atoms with Gasteiger partial charge in [-0.1, -0.05) is 11.8 Å². The molecule has 1 aliphatic heterocycles. The minimum absolute atomic E-state index is 0.308. The molecule has 1 fully saturated rings. The van der Waals surface area contributed by atoms with Crippen molar-refractivity contribution in [3.8, 4) is 0 Å². The quantitative estimate of drug-likeness (QED) is 0.442. The maximum atomic E-state index is 5.61. The van der Waals surface area contributed by atoms with Gasteiger partial charge in [-0.05, 0) is 26.7 Å². The van der Waals surface area contributed by atoms with Crippen molar-refractivity contribution in [2.75, 3.05) is 35.8 Å². The number of nitrogen functional groups attached to an aromatic ring is 1. The summed E-state index contributed by atoms with van der Waals surface area (Å²) >= 11 is 1.59. The SMILES string of the molecule is CCN(CC)c1nc(NN)nc(SCC2CCCO2)n1. The van der Waals surface area contributed by atoms with Gasteiger partial charge in [-0.3, -0.25) is 5.43 Å². The summed E-state index contributed by atoms with van der Waals surface area (Å²) in [5.41, 5.74) is 2.51. The fourth-order valence-corrected chi connectivity index (χ4v) is 2.96. The Balaban J connectivity index is 2.08. The van der Waals surface area contributed by atoms with Crippen LogP contribution in [0.3, 0.4) is 0 Å². The first-order chi connectivity index (χ1) is 9.76. The van der Waals surface area contributed by atoms with E-state index in [-0.39, 0.29) is 0 Å². The molecule has 0 spiro atoms. The van der Waals surface area contributed by atoms with Gasteiger partial charge in [0.2, 0.25) is 11.9 Å². The van der Waals surface area contributed by atoms with Crippen molar-refractivity contribution in [2.45, 2.75) is 37.9 Å². The third-order valence-electron chi connectivity index (χ3n) is 3.20. The highest BCUT2D eigenvalue weighted by atomic mass is 32.2. The molecule has 1 aromatic heterocycles. The molecule has 0 saturated carbocycles. The second-order valence-electron chi connectivity index (χ2n) is 4.50. The van der Waals surface area contributed by atoms with Crippen molar-refractivity contribution >= 4 is 23.7 Å². The topological polar surface area (TPSA) is 89.2 Å². The zero-order valence-corrected chi connectivity index (χ0v) is 12.8. The van der Waals surface area contributed by atoms with Crippen LogP contribution in [-0.2, 0) is 4.74 Å². The van der Waals surface area contributed by atoms with Gasteiger partial charge >= 0.3 is 0 Å². The molecule has 0 aromatic carbocycles. The Morgan fingerprint density at radius 1 is 1.35 bits per heavy atom. The summed E-state index contributed by atoms with van der Waals surface area (Å²) in [5.74, 6) is 7.36. The number of aromatic nitrogens is 3. The number of anilines is 2. The van der Waals surface area contributed by atoms with Crippen LogP contribution in [0.5, 0.6) is 0 Å². The molecule has 1 aromatic rings. The monoisotopic (exact) mass is 298 g/mol. The third-order valence-corrected chi connectivity index (χ3v) is 4.18. The first-order valence-electron chi connectivity index (χ1n) is 6.98. The standard InChI is InChI=1S/C12H22N6OS/c1-3-18(4-2)11-14-10(17-13)15-12(16-11)20-8-9-6-5-7-19-9/h9H,3-8,13H2,1-2H3,(H,14,15,16,17). The average Bonchev–Trinajstić information content (AvgIpc) is 2.99. The van der Waals surface area contributed by atoms with Crippen LogP contribution < -0.4 is 16.2 Å². The first-order valence-corrected chi connectivity index (χ1v) is 7.97. The lowest BCUT2D eigenvalue weighted by Gasteiger charge is -2.19. The summed E-state index contributed by atoms with van der Waals surface area (Å²) in [6.07, 6.45) is 2.56. The van der Waals surface area contributed by atoms with Gasteiger partial charge in [0.05, 0.1) is 6.10 Å². The number of rotatable bonds is 7. The van der Waals surface area contributed by atoms with Crippen molar-refractivity contribution in [1.82, 2.24) is 15.0 Å². The summed E-state index contributed by atoms with van der Waals surface area (Å²) in [6, 6.07) is 0. The minimum Gasteiger partial charge on any atom is -0.377 e. The molecule has 0 bridgehead atoms. The van der Waals surface area contributed by atoms with E-state index >= 15 is 0 Å². The van der Waals surface area contributed by atoms with Gasteiger partial charge in [-0.25, -0.2) is 5.84 Å². The Bertz CT molecular complexity index is 422. The van der Waals surface area contributed by atoms with Crippen LogP contribution in [0, 0.1) is 0 Å². The summed E-state index contributed by atoms with van der Waals surface area (Å²) in [5, 5.41) is 0.686. The number of nitrogens with one attached hydrogen (secondary N) is 1. The van der Waals surface area contributed by atoms with E-state index in [1.54, 1.807) is 11.8 Å². The van der Waals surface area contributed by atoms with E-state index < -0.39 is 0 Å². The predicted molar refractivity (Wildman–Crippen MR) is 80.9 cm³/mol. The molecule has 1 atom stereocenters. The van der Waals surface area contributed by atoms with Crippen LogP contribution in [0.1, 0.15) is 26.7 Å². The van der Waals surface area contributed by atoms with Gasteiger partial charge in [-0.2, -0.15) is 15.0 Å². The normalized spacial score (nSPS) is 18.2. The molecule has 0 radical (unpaired) electrons. The molecule has 2 heterocycles. The van der Waals surface area contributed by atoms with Crippen LogP contribution in [0.25, 0.3) is 0 Å². The second-order valence-corrected chi connectivity index (χ2v) is 5.49. The highest BCUT2D eigenvalue weighted by molar-refractivity contribution is 7.99. The lowest BCUT2D eigenvalue weighted by molar-refractivity contribution is 0.129. The highest BCUT2D eigenvalue weighted by Gasteiger charge is 2.17. The molecule has 1 unspecified atom stereocenters. The Kier molecular flexibility index (Phi) is 5.81. The molecule has 8 heteroatoms. The van der Waals surface area contributed by atoms with E-state index in [1.165, 1.54) is 0 Å². The molecule has 0 aliphatic carbocycles. The molecular weight excluding hydrogens is 276 g/mol. The Morgan fingerprint density at radius 2 is 2.15 bits per heavy atom. The third kappa shape index (κ3) is 3.94. The Hall–Kier alpha value is -1.12. The summed E-state index contributed by atoms with van der Waals surface area (Å²) < 4.78 is 5.61.